The molecule has 1 amide bonds. The van der Waals surface area contributed by atoms with Crippen LogP contribution in [0.1, 0.15) is 28.4 Å². The molecule has 0 aliphatic rings. The largest absolute Gasteiger partial charge is 0.350 e. The van der Waals surface area contributed by atoms with Gasteiger partial charge in [-0.05, 0) is 51.7 Å². The predicted octanol–water partition coefficient (Wildman–Crippen LogP) is 0.985. The third-order valence-corrected chi connectivity index (χ3v) is 3.11. The maximum absolute atomic E-state index is 12.1. The van der Waals surface area contributed by atoms with E-state index in [1.54, 1.807) is 6.07 Å². The third-order valence-electron chi connectivity index (χ3n) is 3.11. The molecule has 0 aliphatic carbocycles. The summed E-state index contributed by atoms with van der Waals surface area (Å²) in [5.74, 6) is 5.69. The number of hydrogen-bond acceptors (Lipinski definition) is 3. The molecule has 0 heterocycles. The van der Waals surface area contributed by atoms with Crippen molar-refractivity contribution in [3.8, 4) is 11.8 Å². The lowest BCUT2D eigenvalue weighted by Gasteiger charge is -2.20. The Hall–Kier alpha value is -1.83. The highest BCUT2D eigenvalue weighted by atomic mass is 16.1. The highest BCUT2D eigenvalue weighted by Crippen LogP contribution is 2.09. The molecular weight excluding hydrogens is 250 g/mol. The molecule has 0 spiro atoms. The normalized spacial score (nSPS) is 11.7. The van der Waals surface area contributed by atoms with Gasteiger partial charge in [-0.15, -0.1) is 0 Å². The Bertz CT molecular complexity index is 526. The third kappa shape index (κ3) is 5.04. The Kier molecular flexibility index (Phi) is 6.23. The van der Waals surface area contributed by atoms with Gasteiger partial charge in [-0.3, -0.25) is 4.79 Å². The van der Waals surface area contributed by atoms with E-state index in [4.69, 9.17) is 5.73 Å². The number of carbonyl (C=O) groups is 1. The zero-order valence-electron chi connectivity index (χ0n) is 12.7. The van der Waals surface area contributed by atoms with Crippen LogP contribution >= 0.6 is 0 Å². The van der Waals surface area contributed by atoms with Crippen molar-refractivity contribution in [3.63, 3.8) is 0 Å². The van der Waals surface area contributed by atoms with Gasteiger partial charge in [0.1, 0.15) is 0 Å². The Morgan fingerprint density at radius 3 is 2.70 bits per heavy atom. The van der Waals surface area contributed by atoms with Gasteiger partial charge >= 0.3 is 0 Å². The van der Waals surface area contributed by atoms with Gasteiger partial charge in [0.05, 0.1) is 6.54 Å². The van der Waals surface area contributed by atoms with Crippen LogP contribution in [0.2, 0.25) is 0 Å². The molecule has 1 aromatic rings. The topological polar surface area (TPSA) is 58.4 Å². The number of nitrogens with one attached hydrogen (secondary N) is 1. The van der Waals surface area contributed by atoms with Crippen molar-refractivity contribution in [2.45, 2.75) is 19.9 Å². The van der Waals surface area contributed by atoms with Crippen LogP contribution in [0, 0.1) is 18.8 Å². The van der Waals surface area contributed by atoms with Crippen LogP contribution in [0.5, 0.6) is 0 Å². The van der Waals surface area contributed by atoms with E-state index in [2.05, 4.69) is 29.0 Å². The minimum Gasteiger partial charge on any atom is -0.350 e. The molecule has 0 aliphatic heterocycles. The van der Waals surface area contributed by atoms with Crippen molar-refractivity contribution in [1.82, 2.24) is 10.2 Å². The minimum absolute atomic E-state index is 0.0711. The van der Waals surface area contributed by atoms with Crippen LogP contribution in [-0.2, 0) is 0 Å². The van der Waals surface area contributed by atoms with E-state index in [0.29, 0.717) is 24.7 Å². The monoisotopic (exact) mass is 273 g/mol. The predicted molar refractivity (Wildman–Crippen MR) is 82.6 cm³/mol. The average molecular weight is 273 g/mol. The lowest BCUT2D eigenvalue weighted by atomic mass is 10.1. The van der Waals surface area contributed by atoms with E-state index in [-0.39, 0.29) is 5.91 Å². The molecule has 1 unspecified atom stereocenters. The standard InChI is InChI=1S/C16H23N3O/c1-12-8-14(6-5-7-17)10-15(9-12)16(20)18-11-13(2)19(3)4/h8-10,13H,7,11,17H2,1-4H3,(H,18,20). The lowest BCUT2D eigenvalue weighted by molar-refractivity contribution is 0.0943. The number of carbonyl (C=O) groups excluding carboxylic acids is 1. The number of likely N-dealkylation sites (N-methyl/N-ethyl adjacent to an activating group) is 1. The van der Waals surface area contributed by atoms with Crippen LogP contribution in [0.25, 0.3) is 0 Å². The summed E-state index contributed by atoms with van der Waals surface area (Å²) in [6, 6.07) is 5.90. The number of nitrogens with zero attached hydrogens (tertiary/aromatic N) is 1. The Labute approximate surface area is 121 Å². The smallest absolute Gasteiger partial charge is 0.251 e. The molecule has 1 rings (SSSR count). The van der Waals surface area contributed by atoms with E-state index in [1.807, 2.05) is 33.2 Å². The quantitative estimate of drug-likeness (QED) is 0.804. The van der Waals surface area contributed by atoms with Crippen molar-refractivity contribution in [3.05, 3.63) is 34.9 Å². The van der Waals surface area contributed by atoms with Crippen molar-refractivity contribution in [1.29, 1.82) is 0 Å². The first-order chi connectivity index (χ1) is 9.43. The second-order valence-corrected chi connectivity index (χ2v) is 5.12. The van der Waals surface area contributed by atoms with Gasteiger partial charge < -0.3 is 16.0 Å². The molecule has 0 radical (unpaired) electrons. The van der Waals surface area contributed by atoms with Crippen molar-refractivity contribution < 1.29 is 4.79 Å². The molecule has 0 saturated heterocycles. The summed E-state index contributed by atoms with van der Waals surface area (Å²) in [5.41, 5.74) is 7.83. The molecule has 1 aromatic carbocycles. The van der Waals surface area contributed by atoms with Gasteiger partial charge in [0.15, 0.2) is 0 Å². The van der Waals surface area contributed by atoms with Gasteiger partial charge in [0, 0.05) is 23.7 Å². The maximum Gasteiger partial charge on any atom is 0.251 e. The second kappa shape index (κ2) is 7.68. The van der Waals surface area contributed by atoms with Crippen molar-refractivity contribution >= 4 is 5.91 Å². The summed E-state index contributed by atoms with van der Waals surface area (Å²) in [4.78, 5) is 14.2. The van der Waals surface area contributed by atoms with E-state index in [9.17, 15) is 4.79 Å². The summed E-state index contributed by atoms with van der Waals surface area (Å²) in [7, 11) is 3.98. The molecule has 0 fully saturated rings. The van der Waals surface area contributed by atoms with E-state index >= 15 is 0 Å². The molecule has 0 saturated carbocycles. The van der Waals surface area contributed by atoms with Crippen LogP contribution in [0.3, 0.4) is 0 Å². The Morgan fingerprint density at radius 1 is 1.40 bits per heavy atom. The maximum atomic E-state index is 12.1. The molecule has 108 valence electrons. The van der Waals surface area contributed by atoms with E-state index in [1.165, 1.54) is 0 Å². The number of amides is 1. The summed E-state index contributed by atoms with van der Waals surface area (Å²) in [5, 5.41) is 2.94. The number of nitrogens with two attached hydrogens (primary N) is 1. The highest BCUT2D eigenvalue weighted by Gasteiger charge is 2.10. The van der Waals surface area contributed by atoms with Crippen molar-refractivity contribution in [2.24, 2.45) is 5.73 Å². The SMILES string of the molecule is Cc1cc(C#CCN)cc(C(=O)NCC(C)N(C)C)c1. The van der Waals surface area contributed by atoms with Gasteiger partial charge in [-0.25, -0.2) is 0 Å². The minimum atomic E-state index is -0.0711. The van der Waals surface area contributed by atoms with Gasteiger partial charge in [0.2, 0.25) is 0 Å². The first kappa shape index (κ1) is 16.2. The zero-order chi connectivity index (χ0) is 15.1. The molecular formula is C16H23N3O. The number of rotatable bonds is 4. The van der Waals surface area contributed by atoms with Crippen LogP contribution in [0.4, 0.5) is 0 Å². The Balaban J connectivity index is 2.80. The van der Waals surface area contributed by atoms with Crippen LogP contribution < -0.4 is 11.1 Å². The first-order valence-electron chi connectivity index (χ1n) is 6.69. The fourth-order valence-corrected chi connectivity index (χ4v) is 1.66. The van der Waals surface area contributed by atoms with Gasteiger partial charge in [-0.2, -0.15) is 0 Å². The molecule has 3 N–H and O–H groups in total. The molecule has 4 nitrogen and oxygen atoms in total. The van der Waals surface area contributed by atoms with E-state index in [0.717, 1.165) is 11.1 Å². The van der Waals surface area contributed by atoms with Crippen molar-refractivity contribution in [2.75, 3.05) is 27.2 Å². The highest BCUT2D eigenvalue weighted by molar-refractivity contribution is 5.94. The van der Waals surface area contributed by atoms with Gasteiger partial charge in [-0.1, -0.05) is 11.8 Å². The van der Waals surface area contributed by atoms with Crippen LogP contribution in [0.15, 0.2) is 18.2 Å². The molecule has 0 aromatic heterocycles. The summed E-state index contributed by atoms with van der Waals surface area (Å²) in [6.07, 6.45) is 0. The number of benzene rings is 1. The molecule has 4 heteroatoms. The van der Waals surface area contributed by atoms with E-state index < -0.39 is 0 Å². The Morgan fingerprint density at radius 2 is 2.10 bits per heavy atom. The first-order valence-corrected chi connectivity index (χ1v) is 6.69. The van der Waals surface area contributed by atoms with Gasteiger partial charge in [0.25, 0.3) is 5.91 Å². The fourth-order valence-electron chi connectivity index (χ4n) is 1.66. The summed E-state index contributed by atoms with van der Waals surface area (Å²) < 4.78 is 0. The summed E-state index contributed by atoms with van der Waals surface area (Å²) in [6.45, 7) is 4.95. The number of hydrogen-bond donors (Lipinski definition) is 2. The zero-order valence-corrected chi connectivity index (χ0v) is 12.7. The number of aryl methyl sites for hydroxylation is 1. The average Bonchev–Trinajstić information content (AvgIpc) is 2.41. The second-order valence-electron chi connectivity index (χ2n) is 5.12. The molecule has 20 heavy (non-hydrogen) atoms. The van der Waals surface area contributed by atoms with Crippen LogP contribution in [-0.4, -0.2) is 44.0 Å². The fraction of sp³-hybridized carbons (Fsp3) is 0.438. The molecule has 1 atom stereocenters. The lowest BCUT2D eigenvalue weighted by Crippen LogP contribution is -2.38. The summed E-state index contributed by atoms with van der Waals surface area (Å²) >= 11 is 0. The molecule has 0 bridgehead atoms.